The lowest BCUT2D eigenvalue weighted by Crippen LogP contribution is -2.47. The summed E-state index contributed by atoms with van der Waals surface area (Å²) in [5.41, 5.74) is 1.21. The number of hydrogen-bond acceptors (Lipinski definition) is 2. The van der Waals surface area contributed by atoms with Crippen LogP contribution in [-0.2, 0) is 11.4 Å². The van der Waals surface area contributed by atoms with Crippen molar-refractivity contribution < 1.29 is 9.63 Å². The predicted octanol–water partition coefficient (Wildman–Crippen LogP) is 3.43. The molecule has 2 heterocycles. The molecule has 2 atom stereocenters. The Morgan fingerprint density at radius 1 is 1.19 bits per heavy atom. The molecule has 0 radical (unpaired) electrons. The number of hydroxylamine groups is 2. The number of amides is 2. The maximum Gasteiger partial charge on any atom is 0.344 e. The van der Waals surface area contributed by atoms with Gasteiger partial charge < -0.3 is 4.90 Å². The van der Waals surface area contributed by atoms with Gasteiger partial charge in [-0.3, -0.25) is 4.84 Å². The van der Waals surface area contributed by atoms with Crippen molar-refractivity contribution in [1.29, 1.82) is 0 Å². The highest BCUT2D eigenvalue weighted by Crippen LogP contribution is 2.38. The van der Waals surface area contributed by atoms with Crippen LogP contribution >= 0.6 is 0 Å². The largest absolute Gasteiger partial charge is 0.344 e. The number of carbonyl (C=O) groups excluding carboxylic acids is 1. The zero-order chi connectivity index (χ0) is 15.0. The summed E-state index contributed by atoms with van der Waals surface area (Å²) >= 11 is 0. The molecule has 3 rings (SSSR count). The van der Waals surface area contributed by atoms with Crippen molar-refractivity contribution in [1.82, 2.24) is 9.96 Å². The van der Waals surface area contributed by atoms with Crippen LogP contribution in [-0.4, -0.2) is 34.6 Å². The summed E-state index contributed by atoms with van der Waals surface area (Å²) in [6, 6.07) is 10.6. The smallest absolute Gasteiger partial charge is 0.317 e. The molecule has 21 heavy (non-hydrogen) atoms. The van der Waals surface area contributed by atoms with Crippen LogP contribution in [0.2, 0.25) is 0 Å². The molecular weight excluding hydrogens is 264 g/mol. The second-order valence-corrected chi connectivity index (χ2v) is 7.13. The highest BCUT2D eigenvalue weighted by Gasteiger charge is 2.48. The summed E-state index contributed by atoms with van der Waals surface area (Å²) in [5, 5.41) is 1.61. The van der Waals surface area contributed by atoms with E-state index in [0.717, 1.165) is 24.9 Å². The first kappa shape index (κ1) is 14.4. The number of urea groups is 1. The third-order valence-electron chi connectivity index (χ3n) is 4.54. The first-order valence-electron chi connectivity index (χ1n) is 7.73. The highest BCUT2D eigenvalue weighted by molar-refractivity contribution is 5.77. The summed E-state index contributed by atoms with van der Waals surface area (Å²) < 4.78 is 0. The average molecular weight is 288 g/mol. The molecule has 0 aliphatic carbocycles. The molecule has 2 fully saturated rings. The minimum atomic E-state index is 0.0355. The van der Waals surface area contributed by atoms with Crippen molar-refractivity contribution in [2.24, 2.45) is 5.41 Å². The van der Waals surface area contributed by atoms with Crippen molar-refractivity contribution in [3.05, 3.63) is 35.9 Å². The Labute approximate surface area is 126 Å². The lowest BCUT2D eigenvalue weighted by atomic mass is 9.81. The van der Waals surface area contributed by atoms with Crippen LogP contribution in [0.25, 0.3) is 0 Å². The van der Waals surface area contributed by atoms with Crippen molar-refractivity contribution in [2.75, 3.05) is 6.54 Å². The third kappa shape index (κ3) is 2.77. The van der Waals surface area contributed by atoms with Crippen molar-refractivity contribution in [3.8, 4) is 0 Å². The SMILES string of the molecule is CC(C)(C)[C@@H]1CC[C@@H]2CN1C(=O)N2OCc1ccccc1. The van der Waals surface area contributed by atoms with E-state index in [1.165, 1.54) is 0 Å². The second kappa shape index (κ2) is 5.34. The van der Waals surface area contributed by atoms with Gasteiger partial charge in [-0.25, -0.2) is 4.79 Å². The molecule has 4 nitrogen and oxygen atoms in total. The van der Waals surface area contributed by atoms with Crippen LogP contribution in [0.5, 0.6) is 0 Å². The van der Waals surface area contributed by atoms with Gasteiger partial charge in [-0.1, -0.05) is 51.1 Å². The maximum absolute atomic E-state index is 12.6. The summed E-state index contributed by atoms with van der Waals surface area (Å²) in [4.78, 5) is 20.4. The molecule has 2 aliphatic rings. The third-order valence-corrected chi connectivity index (χ3v) is 4.54. The number of nitrogens with zero attached hydrogens (tertiary/aromatic N) is 2. The monoisotopic (exact) mass is 288 g/mol. The van der Waals surface area contributed by atoms with E-state index in [4.69, 9.17) is 4.84 Å². The topological polar surface area (TPSA) is 32.8 Å². The van der Waals surface area contributed by atoms with Gasteiger partial charge in [-0.15, -0.1) is 0 Å². The molecule has 0 spiro atoms. The number of benzene rings is 1. The first-order chi connectivity index (χ1) is 9.97. The summed E-state index contributed by atoms with van der Waals surface area (Å²) in [6.07, 6.45) is 2.09. The Hall–Kier alpha value is -1.55. The Bertz CT molecular complexity index is 509. The van der Waals surface area contributed by atoms with Crippen molar-refractivity contribution in [3.63, 3.8) is 0 Å². The Balaban J connectivity index is 1.67. The van der Waals surface area contributed by atoms with E-state index in [-0.39, 0.29) is 17.5 Å². The van der Waals surface area contributed by atoms with Crippen LogP contribution in [0, 0.1) is 5.41 Å². The van der Waals surface area contributed by atoms with E-state index in [2.05, 4.69) is 20.8 Å². The van der Waals surface area contributed by atoms with E-state index in [1.807, 2.05) is 35.2 Å². The molecule has 0 saturated carbocycles. The summed E-state index contributed by atoms with van der Waals surface area (Å²) in [5.74, 6) is 0. The van der Waals surface area contributed by atoms with E-state index in [9.17, 15) is 4.79 Å². The molecular formula is C17H24N2O2. The molecule has 0 N–H and O–H groups in total. The Morgan fingerprint density at radius 3 is 2.57 bits per heavy atom. The van der Waals surface area contributed by atoms with Crippen molar-refractivity contribution in [2.45, 2.75) is 52.3 Å². The molecule has 2 aliphatic heterocycles. The van der Waals surface area contributed by atoms with Crippen molar-refractivity contribution >= 4 is 6.03 Å². The number of rotatable bonds is 3. The van der Waals surface area contributed by atoms with Gasteiger partial charge in [0.1, 0.15) is 6.61 Å². The van der Waals surface area contributed by atoms with Gasteiger partial charge in [0.15, 0.2) is 0 Å². The van der Waals surface area contributed by atoms with Crippen LogP contribution < -0.4 is 0 Å². The lowest BCUT2D eigenvalue weighted by molar-refractivity contribution is -0.140. The van der Waals surface area contributed by atoms with Gasteiger partial charge in [-0.2, -0.15) is 5.06 Å². The normalized spacial score (nSPS) is 25.6. The number of fused-ring (bicyclic) bond motifs is 2. The first-order valence-corrected chi connectivity index (χ1v) is 7.73. The predicted molar refractivity (Wildman–Crippen MR) is 81.4 cm³/mol. The average Bonchev–Trinajstić information content (AvgIpc) is 2.68. The number of piperidine rings is 1. The maximum atomic E-state index is 12.6. The zero-order valence-corrected chi connectivity index (χ0v) is 13.1. The summed E-state index contributed by atoms with van der Waals surface area (Å²) in [6.45, 7) is 7.88. The molecule has 1 aromatic carbocycles. The van der Waals surface area contributed by atoms with E-state index in [0.29, 0.717) is 12.6 Å². The van der Waals surface area contributed by atoms with Gasteiger partial charge in [0.2, 0.25) is 0 Å². The quantitative estimate of drug-likeness (QED) is 0.853. The minimum absolute atomic E-state index is 0.0355. The van der Waals surface area contributed by atoms with Gasteiger partial charge in [0, 0.05) is 12.6 Å². The molecule has 0 unspecified atom stereocenters. The second-order valence-electron chi connectivity index (χ2n) is 7.13. The van der Waals surface area contributed by atoms with Crippen LogP contribution in [0.1, 0.15) is 39.2 Å². The van der Waals surface area contributed by atoms with E-state index in [1.54, 1.807) is 5.06 Å². The van der Waals surface area contributed by atoms with Gasteiger partial charge in [0.05, 0.1) is 6.04 Å². The standard InChI is InChI=1S/C17H24N2O2/c1-17(2,3)15-10-9-14-11-18(15)16(20)19(14)21-12-13-7-5-4-6-8-13/h4-8,14-15H,9-12H2,1-3H3/t14-,15+/m1/s1. The fourth-order valence-corrected chi connectivity index (χ4v) is 3.42. The van der Waals surface area contributed by atoms with Gasteiger partial charge in [0.25, 0.3) is 0 Å². The Morgan fingerprint density at radius 2 is 1.90 bits per heavy atom. The molecule has 114 valence electrons. The fourth-order valence-electron chi connectivity index (χ4n) is 3.42. The van der Waals surface area contributed by atoms with E-state index < -0.39 is 0 Å². The zero-order valence-electron chi connectivity index (χ0n) is 13.1. The molecule has 1 aromatic rings. The molecule has 0 aromatic heterocycles. The fraction of sp³-hybridized carbons (Fsp3) is 0.588. The van der Waals surface area contributed by atoms with Crippen LogP contribution in [0.3, 0.4) is 0 Å². The summed E-state index contributed by atoms with van der Waals surface area (Å²) in [7, 11) is 0. The van der Waals surface area contributed by atoms with Gasteiger partial charge >= 0.3 is 6.03 Å². The minimum Gasteiger partial charge on any atom is -0.317 e. The van der Waals surface area contributed by atoms with Crippen LogP contribution in [0.4, 0.5) is 4.79 Å². The molecule has 2 bridgehead atoms. The highest BCUT2D eigenvalue weighted by atomic mass is 16.7. The van der Waals surface area contributed by atoms with Crippen LogP contribution in [0.15, 0.2) is 30.3 Å². The van der Waals surface area contributed by atoms with E-state index >= 15 is 0 Å². The lowest BCUT2D eigenvalue weighted by Gasteiger charge is -2.39. The van der Waals surface area contributed by atoms with Gasteiger partial charge in [-0.05, 0) is 23.8 Å². The number of hydrogen-bond donors (Lipinski definition) is 0. The Kier molecular flexibility index (Phi) is 3.66. The molecule has 2 saturated heterocycles. The number of carbonyl (C=O) groups is 1. The molecule has 4 heteroatoms. The molecule has 2 amide bonds.